The zero-order chi connectivity index (χ0) is 26.7. The number of nitrogens with zero attached hydrogens (tertiary/aromatic N) is 4. The van der Waals surface area contributed by atoms with Gasteiger partial charge in [-0.2, -0.15) is 4.98 Å². The van der Waals surface area contributed by atoms with Gasteiger partial charge >= 0.3 is 0 Å². The van der Waals surface area contributed by atoms with Gasteiger partial charge < -0.3 is 15.5 Å². The lowest BCUT2D eigenvalue weighted by atomic mass is 10.2. The molecule has 1 saturated carbocycles. The van der Waals surface area contributed by atoms with Crippen LogP contribution in [0.4, 0.5) is 11.6 Å². The third-order valence-electron chi connectivity index (χ3n) is 7.33. The fraction of sp³-hybridized carbons (Fsp3) is 0.500. The van der Waals surface area contributed by atoms with Gasteiger partial charge in [0.15, 0.2) is 0 Å². The standard InChI is InChI=1S/C26H34ClN7O3S/c1-18-15-21(38(36,37)30-9-4-12-33-13-10-28-11-14-33)7-8-23(18)31-26-29-17-19-16-22(27)25(35)34(24(19)32-26)20-5-2-3-6-20/h7-8,15-17,20,28,30H,2-6,9-14H2,1H3,(H,29,31,32). The summed E-state index contributed by atoms with van der Waals surface area (Å²) < 4.78 is 30.1. The van der Waals surface area contributed by atoms with Crippen LogP contribution in [-0.4, -0.2) is 67.1 Å². The number of piperazine rings is 1. The van der Waals surface area contributed by atoms with Gasteiger partial charge in [-0.3, -0.25) is 9.36 Å². The van der Waals surface area contributed by atoms with Crippen molar-refractivity contribution in [3.05, 3.63) is 51.4 Å². The maximum atomic E-state index is 12.9. The van der Waals surface area contributed by atoms with E-state index in [4.69, 9.17) is 11.6 Å². The third-order valence-corrected chi connectivity index (χ3v) is 9.06. The Kier molecular flexibility index (Phi) is 8.29. The summed E-state index contributed by atoms with van der Waals surface area (Å²) in [7, 11) is -3.62. The molecule has 12 heteroatoms. The maximum Gasteiger partial charge on any atom is 0.271 e. The molecular weight excluding hydrogens is 526 g/mol. The van der Waals surface area contributed by atoms with Crippen LogP contribution in [0.15, 0.2) is 40.2 Å². The summed E-state index contributed by atoms with van der Waals surface area (Å²) in [5, 5.41) is 7.37. The van der Waals surface area contributed by atoms with E-state index in [1.165, 1.54) is 0 Å². The molecule has 2 aromatic heterocycles. The van der Waals surface area contributed by atoms with Crippen LogP contribution in [0.1, 0.15) is 43.7 Å². The molecule has 0 atom stereocenters. The number of aromatic nitrogens is 3. The summed E-state index contributed by atoms with van der Waals surface area (Å²) in [4.78, 5) is 24.5. The Bertz CT molecular complexity index is 1470. The van der Waals surface area contributed by atoms with Crippen molar-refractivity contribution in [2.24, 2.45) is 0 Å². The van der Waals surface area contributed by atoms with Crippen molar-refractivity contribution in [3.63, 3.8) is 0 Å². The number of aryl methyl sites for hydroxylation is 1. The molecule has 1 saturated heterocycles. The minimum atomic E-state index is -3.62. The average molecular weight is 560 g/mol. The molecule has 0 bridgehead atoms. The second kappa shape index (κ2) is 11.7. The molecule has 2 aliphatic rings. The van der Waals surface area contributed by atoms with E-state index in [0.717, 1.165) is 70.4 Å². The van der Waals surface area contributed by atoms with Gasteiger partial charge in [-0.25, -0.2) is 18.1 Å². The van der Waals surface area contributed by atoms with E-state index in [1.54, 1.807) is 35.0 Å². The first-order valence-corrected chi connectivity index (χ1v) is 15.1. The number of sulfonamides is 1. The summed E-state index contributed by atoms with van der Waals surface area (Å²) in [6.07, 6.45) is 6.39. The highest BCUT2D eigenvalue weighted by Crippen LogP contribution is 2.31. The maximum absolute atomic E-state index is 12.9. The van der Waals surface area contributed by atoms with Crippen LogP contribution in [0.3, 0.4) is 0 Å². The molecule has 1 aromatic carbocycles. The van der Waals surface area contributed by atoms with E-state index in [-0.39, 0.29) is 21.5 Å². The Morgan fingerprint density at radius 2 is 1.92 bits per heavy atom. The van der Waals surface area contributed by atoms with Gasteiger partial charge in [-0.15, -0.1) is 0 Å². The first kappa shape index (κ1) is 27.0. The minimum Gasteiger partial charge on any atom is -0.324 e. The zero-order valence-electron chi connectivity index (χ0n) is 21.5. The molecule has 204 valence electrons. The number of halogens is 1. The molecule has 1 aliphatic carbocycles. The van der Waals surface area contributed by atoms with Gasteiger partial charge in [0.2, 0.25) is 16.0 Å². The fourth-order valence-corrected chi connectivity index (χ4v) is 6.61. The Morgan fingerprint density at radius 1 is 1.16 bits per heavy atom. The topological polar surface area (TPSA) is 121 Å². The van der Waals surface area contributed by atoms with Crippen LogP contribution in [0, 0.1) is 6.92 Å². The number of pyridine rings is 1. The summed E-state index contributed by atoms with van der Waals surface area (Å²) in [6.45, 7) is 7.04. The molecule has 0 amide bonds. The van der Waals surface area contributed by atoms with Crippen LogP contribution >= 0.6 is 11.6 Å². The van der Waals surface area contributed by atoms with Crippen LogP contribution in [-0.2, 0) is 10.0 Å². The van der Waals surface area contributed by atoms with E-state index in [9.17, 15) is 13.2 Å². The van der Waals surface area contributed by atoms with Gasteiger partial charge in [0.1, 0.15) is 10.7 Å². The fourth-order valence-electron chi connectivity index (χ4n) is 5.24. The molecule has 0 unspecified atom stereocenters. The lowest BCUT2D eigenvalue weighted by Gasteiger charge is -2.27. The Morgan fingerprint density at radius 3 is 2.66 bits per heavy atom. The van der Waals surface area contributed by atoms with E-state index < -0.39 is 10.0 Å². The van der Waals surface area contributed by atoms with Crippen molar-refractivity contribution in [1.29, 1.82) is 0 Å². The summed E-state index contributed by atoms with van der Waals surface area (Å²) in [5.41, 5.74) is 1.74. The van der Waals surface area contributed by atoms with Crippen molar-refractivity contribution in [2.45, 2.75) is 50.0 Å². The zero-order valence-corrected chi connectivity index (χ0v) is 23.1. The predicted octanol–water partition coefficient (Wildman–Crippen LogP) is 3.19. The molecule has 2 fully saturated rings. The van der Waals surface area contributed by atoms with Crippen LogP contribution in [0.2, 0.25) is 5.02 Å². The number of anilines is 2. The molecule has 5 rings (SSSR count). The summed E-state index contributed by atoms with van der Waals surface area (Å²) in [6, 6.07) is 6.60. The van der Waals surface area contributed by atoms with Gasteiger partial charge in [-0.05, 0) is 62.6 Å². The number of hydrogen-bond acceptors (Lipinski definition) is 8. The smallest absolute Gasteiger partial charge is 0.271 e. The van der Waals surface area contributed by atoms with Gasteiger partial charge in [0.05, 0.1) is 4.90 Å². The van der Waals surface area contributed by atoms with Crippen molar-refractivity contribution < 1.29 is 8.42 Å². The summed E-state index contributed by atoms with van der Waals surface area (Å²) in [5.74, 6) is 0.329. The second-order valence-corrected chi connectivity index (χ2v) is 12.2. The second-order valence-electron chi connectivity index (χ2n) is 10.0. The molecule has 3 heterocycles. The number of benzene rings is 1. The van der Waals surface area contributed by atoms with Crippen molar-refractivity contribution in [2.75, 3.05) is 44.6 Å². The van der Waals surface area contributed by atoms with E-state index in [2.05, 4.69) is 30.2 Å². The van der Waals surface area contributed by atoms with E-state index >= 15 is 0 Å². The highest BCUT2D eigenvalue weighted by atomic mass is 35.5. The lowest BCUT2D eigenvalue weighted by Crippen LogP contribution is -2.44. The highest BCUT2D eigenvalue weighted by molar-refractivity contribution is 7.89. The molecule has 3 N–H and O–H groups in total. The first-order chi connectivity index (χ1) is 18.3. The largest absolute Gasteiger partial charge is 0.324 e. The van der Waals surface area contributed by atoms with Gasteiger partial charge in [0.25, 0.3) is 5.56 Å². The molecule has 3 aromatic rings. The molecule has 38 heavy (non-hydrogen) atoms. The first-order valence-electron chi connectivity index (χ1n) is 13.2. The summed E-state index contributed by atoms with van der Waals surface area (Å²) >= 11 is 6.23. The normalized spacial score (nSPS) is 17.3. The van der Waals surface area contributed by atoms with Crippen LogP contribution in [0.5, 0.6) is 0 Å². The SMILES string of the molecule is Cc1cc(S(=O)(=O)NCCCN2CCNCC2)ccc1Nc1ncc2cc(Cl)c(=O)n(C3CCCC3)c2n1. The van der Waals surface area contributed by atoms with Gasteiger partial charge in [-0.1, -0.05) is 24.4 Å². The predicted molar refractivity (Wildman–Crippen MR) is 150 cm³/mol. The number of hydrogen-bond donors (Lipinski definition) is 3. The number of rotatable bonds is 9. The Balaban J connectivity index is 1.29. The van der Waals surface area contributed by atoms with Gasteiger partial charge in [0, 0.05) is 56.0 Å². The van der Waals surface area contributed by atoms with Crippen LogP contribution in [0.25, 0.3) is 11.0 Å². The van der Waals surface area contributed by atoms with E-state index in [1.807, 2.05) is 6.92 Å². The Labute approximate surface area is 227 Å². The average Bonchev–Trinajstić information content (AvgIpc) is 3.44. The highest BCUT2D eigenvalue weighted by Gasteiger charge is 2.22. The molecule has 0 spiro atoms. The quantitative estimate of drug-likeness (QED) is 0.342. The number of nitrogens with one attached hydrogen (secondary N) is 3. The number of fused-ring (bicyclic) bond motifs is 1. The van der Waals surface area contributed by atoms with Crippen molar-refractivity contribution in [1.82, 2.24) is 29.5 Å². The molecule has 10 nitrogen and oxygen atoms in total. The molecular formula is C26H34ClN7O3S. The Hall–Kier alpha value is -2.57. The lowest BCUT2D eigenvalue weighted by molar-refractivity contribution is 0.239. The van der Waals surface area contributed by atoms with Crippen molar-refractivity contribution >= 4 is 44.3 Å². The van der Waals surface area contributed by atoms with Crippen molar-refractivity contribution in [3.8, 4) is 0 Å². The monoisotopic (exact) mass is 559 g/mol. The third kappa shape index (κ3) is 6.02. The minimum absolute atomic E-state index is 0.0713. The van der Waals surface area contributed by atoms with Crippen LogP contribution < -0.4 is 20.9 Å². The molecule has 1 aliphatic heterocycles. The van der Waals surface area contributed by atoms with E-state index in [0.29, 0.717) is 29.2 Å². The molecule has 0 radical (unpaired) electrons.